The van der Waals surface area contributed by atoms with E-state index in [0.717, 1.165) is 0 Å². The molecule has 14 nitrogen and oxygen atoms in total. The molecule has 4 atom stereocenters. The lowest BCUT2D eigenvalue weighted by atomic mass is 10.2. The molecule has 0 saturated carbocycles. The number of hydrogen-bond donors (Lipinski definition) is 1. The Morgan fingerprint density at radius 2 is 2.14 bits per heavy atom. The fourth-order valence-electron chi connectivity index (χ4n) is 3.98. The maximum Gasteiger partial charge on any atom is 0.381 e. The minimum Gasteiger partial charge on any atom is -0.358 e. The Morgan fingerprint density at radius 3 is 2.73 bits per heavy atom. The van der Waals surface area contributed by atoms with Crippen LogP contribution >= 0.6 is 8.53 Å². The van der Waals surface area contributed by atoms with Gasteiger partial charge in [0.1, 0.15) is 12.4 Å². The van der Waals surface area contributed by atoms with Crippen LogP contribution in [0.15, 0.2) is 28.3 Å². The zero-order chi connectivity index (χ0) is 28.0. The van der Waals surface area contributed by atoms with Gasteiger partial charge in [0.15, 0.2) is 0 Å². The summed E-state index contributed by atoms with van der Waals surface area (Å²) in [6.45, 7) is 8.06. The summed E-state index contributed by atoms with van der Waals surface area (Å²) in [6, 6.07) is 2.22. The number of H-pyrrole nitrogens is 1. The van der Waals surface area contributed by atoms with Crippen LogP contribution in [-0.2, 0) is 20.3 Å². The molecule has 2 aromatic heterocycles. The second-order valence-electron chi connectivity index (χ2n) is 9.04. The van der Waals surface area contributed by atoms with Gasteiger partial charge < -0.3 is 28.5 Å². The molecule has 3 heterocycles. The van der Waals surface area contributed by atoms with Crippen LogP contribution in [0.1, 0.15) is 60.6 Å². The Hall–Kier alpha value is -2.95. The van der Waals surface area contributed by atoms with Crippen molar-refractivity contribution < 1.29 is 20.1 Å². The van der Waals surface area contributed by atoms with Gasteiger partial charge in [-0.05, 0) is 44.5 Å². The number of hydrogen-bond acceptors (Lipinski definition) is 10. The fraction of sp³-hybridized carbons (Fsp3) is 0.636. The summed E-state index contributed by atoms with van der Waals surface area (Å²) in [6.07, 6.45) is 2.12. The second kappa shape index (κ2) is 12.5. The van der Waals surface area contributed by atoms with Crippen molar-refractivity contribution in [1.29, 1.82) is 5.26 Å². The van der Waals surface area contributed by atoms with Crippen LogP contribution in [0, 0.1) is 21.4 Å². The number of nitriles is 1. The summed E-state index contributed by atoms with van der Waals surface area (Å²) in [5.41, 5.74) is -1.16. The van der Waals surface area contributed by atoms with Gasteiger partial charge in [0, 0.05) is 26.1 Å². The predicted octanol–water partition coefficient (Wildman–Crippen LogP) is 2.66. The molecule has 1 saturated heterocycles. The van der Waals surface area contributed by atoms with Crippen LogP contribution in [0.3, 0.4) is 0 Å². The van der Waals surface area contributed by atoms with Crippen molar-refractivity contribution in [2.75, 3.05) is 6.61 Å². The Balaban J connectivity index is 1.84. The van der Waals surface area contributed by atoms with E-state index in [-0.39, 0.29) is 56.4 Å². The Bertz CT molecular complexity index is 1250. The molecule has 202 valence electrons. The van der Waals surface area contributed by atoms with Crippen LogP contribution in [0.2, 0.25) is 0 Å². The van der Waals surface area contributed by atoms with Gasteiger partial charge in [-0.2, -0.15) is 5.26 Å². The fourth-order valence-corrected chi connectivity index (χ4v) is 5.73. The standard InChI is InChI=1S/C22H32N7O7P/c1-14(2)28(15(3)4)37(34-8-6-7-23)36-18-9-20(35-16(18)5)27-11-17(21(30)25-22(27)31)10-26-12-19(24-13-26)29(32)33/h11-16,18,20H,6,8-10H2,1-5H3,(H,25,30,31)/t16-,18-,20-,37?/m1/s1/i5D. The Kier molecular flexibility index (Phi) is 9.18. The molecule has 1 N–H and O–H groups in total. The molecule has 37 heavy (non-hydrogen) atoms. The van der Waals surface area contributed by atoms with Crippen LogP contribution in [0.25, 0.3) is 0 Å². The van der Waals surface area contributed by atoms with Crippen molar-refractivity contribution in [3.05, 3.63) is 55.2 Å². The Labute approximate surface area is 216 Å². The number of nitrogens with zero attached hydrogens (tertiary/aromatic N) is 6. The highest BCUT2D eigenvalue weighted by Crippen LogP contribution is 2.49. The number of aromatic nitrogens is 4. The lowest BCUT2D eigenvalue weighted by molar-refractivity contribution is -0.389. The molecule has 1 aliphatic rings. The number of aromatic amines is 1. The van der Waals surface area contributed by atoms with E-state index in [9.17, 15) is 19.7 Å². The zero-order valence-corrected chi connectivity index (χ0v) is 22.0. The van der Waals surface area contributed by atoms with E-state index >= 15 is 0 Å². The lowest BCUT2D eigenvalue weighted by Gasteiger charge is -2.37. The molecule has 3 rings (SSSR count). The van der Waals surface area contributed by atoms with Crippen molar-refractivity contribution >= 4 is 14.3 Å². The van der Waals surface area contributed by atoms with E-state index < -0.39 is 43.1 Å². The van der Waals surface area contributed by atoms with Crippen molar-refractivity contribution in [3.63, 3.8) is 0 Å². The van der Waals surface area contributed by atoms with Crippen molar-refractivity contribution in [1.82, 2.24) is 23.8 Å². The second-order valence-corrected chi connectivity index (χ2v) is 10.4. The molecule has 1 aliphatic heterocycles. The van der Waals surface area contributed by atoms with Crippen molar-refractivity contribution in [3.8, 4) is 6.07 Å². The predicted molar refractivity (Wildman–Crippen MR) is 134 cm³/mol. The van der Waals surface area contributed by atoms with Gasteiger partial charge in [-0.15, -0.1) is 0 Å². The molecule has 2 aromatic rings. The first kappa shape index (κ1) is 27.1. The first-order valence-electron chi connectivity index (χ1n) is 12.5. The summed E-state index contributed by atoms with van der Waals surface area (Å²) in [7, 11) is -1.59. The minimum atomic E-state index is -1.59. The maximum absolute atomic E-state index is 12.7. The van der Waals surface area contributed by atoms with Gasteiger partial charge >= 0.3 is 11.5 Å². The molecule has 0 amide bonds. The molecule has 0 radical (unpaired) electrons. The van der Waals surface area contributed by atoms with Crippen LogP contribution in [0.4, 0.5) is 5.82 Å². The van der Waals surface area contributed by atoms with E-state index in [1.165, 1.54) is 27.9 Å². The van der Waals surface area contributed by atoms with E-state index in [0.29, 0.717) is 0 Å². The topological polar surface area (TPSA) is 171 Å². The monoisotopic (exact) mass is 538 g/mol. The largest absolute Gasteiger partial charge is 0.381 e. The first-order chi connectivity index (χ1) is 18.0. The summed E-state index contributed by atoms with van der Waals surface area (Å²) >= 11 is 0. The third-order valence-corrected chi connectivity index (χ3v) is 7.74. The molecule has 0 aromatic carbocycles. The molecule has 0 spiro atoms. The third kappa shape index (κ3) is 7.09. The van der Waals surface area contributed by atoms with E-state index in [4.69, 9.17) is 20.4 Å². The highest BCUT2D eigenvalue weighted by molar-refractivity contribution is 7.44. The summed E-state index contributed by atoms with van der Waals surface area (Å²) in [4.78, 5) is 41.3. The first-order valence-corrected chi connectivity index (χ1v) is 12.9. The van der Waals surface area contributed by atoms with E-state index in [1.807, 2.05) is 27.7 Å². The average molecular weight is 539 g/mol. The van der Waals surface area contributed by atoms with Gasteiger partial charge in [0.05, 0.1) is 43.4 Å². The number of imidazole rings is 1. The molecule has 0 aliphatic carbocycles. The van der Waals surface area contributed by atoms with Crippen molar-refractivity contribution in [2.45, 2.75) is 84.5 Å². The van der Waals surface area contributed by atoms with Gasteiger partial charge in [-0.1, -0.05) is 0 Å². The number of nitrogens with one attached hydrogen (secondary N) is 1. The molecule has 1 fully saturated rings. The Morgan fingerprint density at radius 1 is 1.41 bits per heavy atom. The summed E-state index contributed by atoms with van der Waals surface area (Å²) in [5, 5.41) is 19.8. The molecular formula is C22H32N7O7P. The number of ether oxygens (including phenoxy) is 1. The highest BCUT2D eigenvalue weighted by Gasteiger charge is 2.39. The van der Waals surface area contributed by atoms with E-state index in [2.05, 4.69) is 20.7 Å². The summed E-state index contributed by atoms with van der Waals surface area (Å²) < 4.78 is 31.0. The minimum absolute atomic E-state index is 0.0548. The van der Waals surface area contributed by atoms with Gasteiger partial charge in [0.25, 0.3) is 14.1 Å². The quantitative estimate of drug-likeness (QED) is 0.183. The van der Waals surface area contributed by atoms with Gasteiger partial charge in [-0.3, -0.25) is 14.3 Å². The number of nitro groups is 1. The average Bonchev–Trinajstić information content (AvgIpc) is 3.47. The number of rotatable bonds is 12. The summed E-state index contributed by atoms with van der Waals surface area (Å²) in [5.74, 6) is -0.363. The smallest absolute Gasteiger partial charge is 0.358 e. The lowest BCUT2D eigenvalue weighted by Crippen LogP contribution is -2.35. The molecule has 0 bridgehead atoms. The molecule has 15 heteroatoms. The van der Waals surface area contributed by atoms with Crippen LogP contribution in [0.5, 0.6) is 0 Å². The van der Waals surface area contributed by atoms with Crippen LogP contribution in [-0.4, -0.2) is 59.6 Å². The highest BCUT2D eigenvalue weighted by atomic mass is 31.2. The molecular weight excluding hydrogens is 505 g/mol. The maximum atomic E-state index is 12.7. The SMILES string of the molecule is [2H]C[C@H]1O[C@@H](n2cc(Cn3cnc([N+](=O)[O-])c3)c(=O)[nH]c2=O)C[C@H]1OP(OCCC#N)N(C(C)C)C(C)C. The zero-order valence-electron chi connectivity index (χ0n) is 22.1. The normalized spacial score (nSPS) is 20.9. The van der Waals surface area contributed by atoms with Gasteiger partial charge in [-0.25, -0.2) is 9.46 Å². The molecule has 1 unspecified atom stereocenters. The van der Waals surface area contributed by atoms with Crippen molar-refractivity contribution in [2.24, 2.45) is 0 Å². The van der Waals surface area contributed by atoms with Gasteiger partial charge in [0.2, 0.25) is 6.33 Å². The van der Waals surface area contributed by atoms with E-state index in [1.54, 1.807) is 0 Å². The third-order valence-electron chi connectivity index (χ3n) is 5.58. The van der Waals surface area contributed by atoms with Crippen LogP contribution < -0.4 is 11.2 Å².